The van der Waals surface area contributed by atoms with E-state index < -0.39 is 24.7 Å². The smallest absolute Gasteiger partial charge is 0.328 e. The highest BCUT2D eigenvalue weighted by Crippen LogP contribution is 2.28. The Morgan fingerprint density at radius 3 is 2.61 bits per heavy atom. The van der Waals surface area contributed by atoms with Crippen molar-refractivity contribution in [3.05, 3.63) is 35.4 Å². The number of hydrogen-bond acceptors (Lipinski definition) is 2. The van der Waals surface area contributed by atoms with Gasteiger partial charge in [-0.1, -0.05) is 18.2 Å². The first-order valence-electron chi connectivity index (χ1n) is 5.61. The first kappa shape index (κ1) is 12.9. The van der Waals surface area contributed by atoms with Gasteiger partial charge in [0.15, 0.2) is 0 Å². The van der Waals surface area contributed by atoms with Crippen LogP contribution in [0, 0.1) is 0 Å². The molecule has 3 nitrogen and oxygen atoms in total. The van der Waals surface area contributed by atoms with Gasteiger partial charge in [0, 0.05) is 18.7 Å². The van der Waals surface area contributed by atoms with Crippen LogP contribution in [0.3, 0.4) is 0 Å². The van der Waals surface area contributed by atoms with E-state index in [4.69, 9.17) is 5.73 Å². The molecule has 0 bridgehead atoms. The van der Waals surface area contributed by atoms with Crippen molar-refractivity contribution in [3.8, 4) is 0 Å². The molecule has 0 fully saturated rings. The fraction of sp³-hybridized carbons (Fsp3) is 0.417. The summed E-state index contributed by atoms with van der Waals surface area (Å²) in [5.74, 6) is -0.593. The summed E-state index contributed by atoms with van der Waals surface area (Å²) >= 11 is 0. The third-order valence-electron chi connectivity index (χ3n) is 3.11. The van der Waals surface area contributed by atoms with Crippen molar-refractivity contribution < 1.29 is 18.0 Å². The highest BCUT2D eigenvalue weighted by Gasteiger charge is 2.45. The molecule has 1 aliphatic rings. The van der Waals surface area contributed by atoms with Crippen molar-refractivity contribution in [2.45, 2.75) is 18.6 Å². The Kier molecular flexibility index (Phi) is 3.30. The highest BCUT2D eigenvalue weighted by molar-refractivity contribution is 5.97. The molecule has 0 aromatic heterocycles. The van der Waals surface area contributed by atoms with Crippen molar-refractivity contribution >= 4 is 5.91 Å². The van der Waals surface area contributed by atoms with Gasteiger partial charge in [-0.05, 0) is 18.1 Å². The summed E-state index contributed by atoms with van der Waals surface area (Å²) in [6.07, 6.45) is -4.06. The maximum atomic E-state index is 12.8. The van der Waals surface area contributed by atoms with Crippen LogP contribution in [0.1, 0.15) is 15.9 Å². The predicted molar refractivity (Wildman–Crippen MR) is 60.1 cm³/mol. The first-order chi connectivity index (χ1) is 8.45. The molecule has 6 heteroatoms. The fourth-order valence-corrected chi connectivity index (χ4v) is 2.18. The van der Waals surface area contributed by atoms with Crippen LogP contribution in [0.5, 0.6) is 0 Å². The molecule has 0 radical (unpaired) electrons. The zero-order valence-corrected chi connectivity index (χ0v) is 9.57. The second-order valence-electron chi connectivity index (χ2n) is 4.20. The number of rotatable bonds is 2. The molecule has 1 unspecified atom stereocenters. The van der Waals surface area contributed by atoms with Crippen LogP contribution < -0.4 is 5.73 Å². The average molecular weight is 258 g/mol. The molecule has 1 heterocycles. The van der Waals surface area contributed by atoms with Crippen LogP contribution in [0.4, 0.5) is 13.2 Å². The maximum Gasteiger partial charge on any atom is 0.410 e. The predicted octanol–water partition coefficient (Wildman–Crippen LogP) is 1.57. The average Bonchev–Trinajstić information content (AvgIpc) is 2.32. The topological polar surface area (TPSA) is 46.3 Å². The molecule has 1 amide bonds. The number of amides is 1. The minimum Gasteiger partial charge on any atom is -0.328 e. The van der Waals surface area contributed by atoms with E-state index in [1.54, 1.807) is 24.3 Å². The SMILES string of the molecule is NCC(N1CCc2ccccc2C1=O)C(F)(F)F. The molecule has 2 rings (SSSR count). The molecule has 0 saturated heterocycles. The Morgan fingerprint density at radius 1 is 1.33 bits per heavy atom. The van der Waals surface area contributed by atoms with Gasteiger partial charge in [-0.15, -0.1) is 0 Å². The molecular weight excluding hydrogens is 245 g/mol. The van der Waals surface area contributed by atoms with Gasteiger partial charge >= 0.3 is 6.18 Å². The quantitative estimate of drug-likeness (QED) is 0.875. The Morgan fingerprint density at radius 2 is 2.00 bits per heavy atom. The normalized spacial score (nSPS) is 17.6. The number of carbonyl (C=O) groups is 1. The summed E-state index contributed by atoms with van der Waals surface area (Å²) in [7, 11) is 0. The number of hydrogen-bond donors (Lipinski definition) is 1. The molecule has 0 saturated carbocycles. The van der Waals surface area contributed by atoms with Crippen molar-refractivity contribution in [2.75, 3.05) is 13.1 Å². The number of nitrogens with zero attached hydrogens (tertiary/aromatic N) is 1. The molecule has 18 heavy (non-hydrogen) atoms. The molecule has 0 aliphatic carbocycles. The van der Waals surface area contributed by atoms with Gasteiger partial charge in [0.05, 0.1) is 0 Å². The van der Waals surface area contributed by atoms with Crippen molar-refractivity contribution in [3.63, 3.8) is 0 Å². The van der Waals surface area contributed by atoms with Gasteiger partial charge in [0.2, 0.25) is 0 Å². The minimum atomic E-state index is -4.49. The van der Waals surface area contributed by atoms with Crippen LogP contribution in [-0.4, -0.2) is 36.1 Å². The fourth-order valence-electron chi connectivity index (χ4n) is 2.18. The van der Waals surface area contributed by atoms with E-state index in [2.05, 4.69) is 0 Å². The third-order valence-corrected chi connectivity index (χ3v) is 3.11. The summed E-state index contributed by atoms with van der Waals surface area (Å²) in [6.45, 7) is -0.561. The van der Waals surface area contributed by atoms with Crippen molar-refractivity contribution in [1.29, 1.82) is 0 Å². The highest BCUT2D eigenvalue weighted by atomic mass is 19.4. The van der Waals surface area contributed by atoms with Crippen molar-refractivity contribution in [2.24, 2.45) is 5.73 Å². The van der Waals surface area contributed by atoms with Crippen molar-refractivity contribution in [1.82, 2.24) is 4.90 Å². The van der Waals surface area contributed by atoms with E-state index in [-0.39, 0.29) is 6.54 Å². The van der Waals surface area contributed by atoms with Gasteiger partial charge in [-0.2, -0.15) is 13.2 Å². The summed E-state index contributed by atoms with van der Waals surface area (Å²) in [6, 6.07) is 4.82. The summed E-state index contributed by atoms with van der Waals surface area (Å²) < 4.78 is 38.3. The van der Waals surface area contributed by atoms with Gasteiger partial charge in [-0.3, -0.25) is 4.79 Å². The Hall–Kier alpha value is -1.56. The van der Waals surface area contributed by atoms with E-state index in [0.29, 0.717) is 12.0 Å². The van der Waals surface area contributed by atoms with Crippen LogP contribution in [0.2, 0.25) is 0 Å². The molecule has 98 valence electrons. The van der Waals surface area contributed by atoms with Crippen LogP contribution in [0.15, 0.2) is 24.3 Å². The molecule has 1 aliphatic heterocycles. The van der Waals surface area contributed by atoms with Crippen LogP contribution >= 0.6 is 0 Å². The molecule has 2 N–H and O–H groups in total. The number of alkyl halides is 3. The van der Waals surface area contributed by atoms with E-state index >= 15 is 0 Å². The number of fused-ring (bicyclic) bond motifs is 1. The Bertz CT molecular complexity index is 459. The summed E-state index contributed by atoms with van der Waals surface area (Å²) in [5.41, 5.74) is 6.29. The number of halogens is 3. The standard InChI is InChI=1S/C12H13F3N2O/c13-12(14,15)10(7-16)17-6-5-8-3-1-2-4-9(8)11(17)18/h1-4,10H,5-7,16H2. The number of carbonyl (C=O) groups excluding carboxylic acids is 1. The molecule has 1 atom stereocenters. The largest absolute Gasteiger partial charge is 0.410 e. The van der Waals surface area contributed by atoms with Gasteiger partial charge in [0.1, 0.15) is 6.04 Å². The molecule has 0 spiro atoms. The summed E-state index contributed by atoms with van der Waals surface area (Å²) in [5, 5.41) is 0. The first-order valence-corrected chi connectivity index (χ1v) is 5.61. The zero-order valence-electron chi connectivity index (χ0n) is 9.57. The van der Waals surface area contributed by atoms with Gasteiger partial charge in [0.25, 0.3) is 5.91 Å². The number of nitrogens with two attached hydrogens (primary N) is 1. The van der Waals surface area contributed by atoms with E-state index in [1.807, 2.05) is 0 Å². The molecule has 1 aromatic rings. The van der Waals surface area contributed by atoms with Crippen LogP contribution in [0.25, 0.3) is 0 Å². The number of benzene rings is 1. The van der Waals surface area contributed by atoms with Crippen LogP contribution in [-0.2, 0) is 6.42 Å². The van der Waals surface area contributed by atoms with E-state index in [9.17, 15) is 18.0 Å². The lowest BCUT2D eigenvalue weighted by atomic mass is 9.97. The minimum absolute atomic E-state index is 0.0528. The Balaban J connectivity index is 2.31. The lowest BCUT2D eigenvalue weighted by Gasteiger charge is -2.35. The monoisotopic (exact) mass is 258 g/mol. The van der Waals surface area contributed by atoms with E-state index in [0.717, 1.165) is 10.5 Å². The lowest BCUT2D eigenvalue weighted by Crippen LogP contribution is -2.54. The lowest BCUT2D eigenvalue weighted by molar-refractivity contribution is -0.174. The Labute approximate surface area is 102 Å². The van der Waals surface area contributed by atoms with E-state index in [1.165, 1.54) is 0 Å². The zero-order chi connectivity index (χ0) is 13.3. The second-order valence-corrected chi connectivity index (χ2v) is 4.20. The third kappa shape index (κ3) is 2.20. The maximum absolute atomic E-state index is 12.8. The summed E-state index contributed by atoms with van der Waals surface area (Å²) in [4.78, 5) is 12.9. The molecule has 1 aromatic carbocycles. The van der Waals surface area contributed by atoms with Gasteiger partial charge < -0.3 is 10.6 Å². The second kappa shape index (κ2) is 4.61. The van der Waals surface area contributed by atoms with Gasteiger partial charge in [-0.25, -0.2) is 0 Å². The molecular formula is C12H13F3N2O.